The highest BCUT2D eigenvalue weighted by Gasteiger charge is 2.05. The van der Waals surface area contributed by atoms with Crippen molar-refractivity contribution >= 4 is 17.4 Å². The molecular weight excluding hydrogens is 268 g/mol. The summed E-state index contributed by atoms with van der Waals surface area (Å²) in [6.45, 7) is 3.41. The molecule has 0 radical (unpaired) electrons. The topological polar surface area (TPSA) is 17.1 Å². The molecule has 0 aliphatic heterocycles. The number of hydrogen-bond acceptors (Lipinski definition) is 1. The second-order valence-corrected chi connectivity index (χ2v) is 4.40. The quantitative estimate of drug-likeness (QED) is 0.347. The summed E-state index contributed by atoms with van der Waals surface area (Å²) >= 11 is 6.05. The molecule has 0 atom stereocenters. The first-order chi connectivity index (χ1) is 9.72. The zero-order chi connectivity index (χ0) is 14.4. The van der Waals surface area contributed by atoms with E-state index in [9.17, 15) is 4.79 Å². The van der Waals surface area contributed by atoms with Gasteiger partial charge in [0.25, 0.3) is 0 Å². The van der Waals surface area contributed by atoms with Crippen LogP contribution in [0.4, 0.5) is 0 Å². The molecule has 2 aromatic carbocycles. The lowest BCUT2D eigenvalue weighted by molar-refractivity contribution is 0.104. The van der Waals surface area contributed by atoms with Crippen LogP contribution in [-0.4, -0.2) is 5.78 Å². The van der Waals surface area contributed by atoms with E-state index in [0.29, 0.717) is 16.1 Å². The van der Waals surface area contributed by atoms with Gasteiger partial charge in [0.1, 0.15) is 0 Å². The first-order valence-electron chi connectivity index (χ1n) is 5.98. The average molecular weight is 279 g/mol. The van der Waals surface area contributed by atoms with Crippen LogP contribution in [0.5, 0.6) is 0 Å². The summed E-state index contributed by atoms with van der Waals surface area (Å²) in [4.78, 5) is 11.9. The normalized spacial score (nSPS) is 9.05. The molecule has 2 rings (SSSR count). The van der Waals surface area contributed by atoms with Crippen molar-refractivity contribution < 1.29 is 4.79 Å². The number of ketones is 1. The summed E-state index contributed by atoms with van der Waals surface area (Å²) < 4.78 is 0. The molecule has 0 fully saturated rings. The summed E-state index contributed by atoms with van der Waals surface area (Å²) in [7, 11) is 0. The second kappa shape index (κ2) is 6.59. The van der Waals surface area contributed by atoms with Gasteiger partial charge in [0, 0.05) is 22.8 Å². The zero-order valence-corrected chi connectivity index (χ0v) is 11.4. The van der Waals surface area contributed by atoms with Crippen molar-refractivity contribution in [2.45, 2.75) is 0 Å². The Hall–Kier alpha value is -2.52. The largest absolute Gasteiger partial charge is 0.289 e. The van der Waals surface area contributed by atoms with Gasteiger partial charge in [-0.3, -0.25) is 4.79 Å². The van der Waals surface area contributed by atoms with Crippen LogP contribution < -0.4 is 0 Å². The third-order valence-electron chi connectivity index (χ3n) is 2.63. The maximum absolute atomic E-state index is 11.9. The summed E-state index contributed by atoms with van der Waals surface area (Å²) in [6, 6.07) is 14.5. The molecule has 0 saturated heterocycles. The predicted octanol–water partition coefficient (Wildman–Crippen LogP) is 4.26. The molecule has 2 aromatic rings. The Morgan fingerprint density at radius 1 is 1.00 bits per heavy atom. The molecule has 0 saturated carbocycles. The predicted molar refractivity (Wildman–Crippen MR) is 81.9 cm³/mol. The maximum atomic E-state index is 11.9. The van der Waals surface area contributed by atoms with Crippen molar-refractivity contribution in [3.05, 3.63) is 88.6 Å². The molecule has 0 spiro atoms. The molecule has 2 heteroatoms. The van der Waals surface area contributed by atoms with Gasteiger partial charge < -0.3 is 0 Å². The smallest absolute Gasteiger partial charge is 0.194 e. The summed E-state index contributed by atoms with van der Waals surface area (Å²) in [6.07, 6.45) is 1.30. The Morgan fingerprint density at radius 3 is 2.30 bits per heavy atom. The lowest BCUT2D eigenvalue weighted by Gasteiger charge is -1.99. The van der Waals surface area contributed by atoms with E-state index < -0.39 is 0 Å². The Kier molecular flexibility index (Phi) is 4.58. The van der Waals surface area contributed by atoms with Gasteiger partial charge in [-0.2, -0.15) is 0 Å². The van der Waals surface area contributed by atoms with Crippen LogP contribution in [-0.2, 0) is 0 Å². The van der Waals surface area contributed by atoms with E-state index >= 15 is 0 Å². The van der Waals surface area contributed by atoms with Crippen LogP contribution in [0.3, 0.4) is 0 Å². The van der Waals surface area contributed by atoms with E-state index in [0.717, 1.165) is 5.56 Å². The lowest BCUT2D eigenvalue weighted by Crippen LogP contribution is -1.97. The number of rotatable bonds is 2. The van der Waals surface area contributed by atoms with Crippen LogP contribution >= 0.6 is 11.6 Å². The van der Waals surface area contributed by atoms with E-state index in [4.69, 9.17) is 11.6 Å². The summed E-state index contributed by atoms with van der Waals surface area (Å²) in [5.41, 5.74) is 4.40. The first-order valence-corrected chi connectivity index (χ1v) is 6.36. The molecule has 20 heavy (non-hydrogen) atoms. The number of carbonyl (C=O) groups excluding carboxylic acids is 1. The fourth-order valence-corrected chi connectivity index (χ4v) is 1.86. The molecule has 0 heterocycles. The Morgan fingerprint density at radius 2 is 1.60 bits per heavy atom. The first kappa shape index (κ1) is 13.9. The number of halogens is 1. The Balaban J connectivity index is 2.43. The molecule has 1 nitrogen and oxygen atoms in total. The minimum absolute atomic E-state index is 0.163. The molecule has 0 aliphatic carbocycles. The lowest BCUT2D eigenvalue weighted by atomic mass is 10.0. The molecule has 0 amide bonds. The molecule has 0 aliphatic rings. The number of allylic oxidation sites excluding steroid dienone is 1. The standard InChI is InChI=1S/C18H11ClO/c1-2-7-18(20)16-10-5-3-8-14(16)12-13-15-9-4-6-11-17(15)19/h3-11H,1H2. The van der Waals surface area contributed by atoms with Crippen molar-refractivity contribution in [2.24, 2.45) is 0 Å². The van der Waals surface area contributed by atoms with Gasteiger partial charge in [0.15, 0.2) is 5.78 Å². The molecule has 96 valence electrons. The number of benzene rings is 2. The number of hydrogen-bond donors (Lipinski definition) is 0. The fourth-order valence-electron chi connectivity index (χ4n) is 1.67. The molecule has 0 N–H and O–H groups in total. The minimum Gasteiger partial charge on any atom is -0.289 e. The van der Waals surface area contributed by atoms with Gasteiger partial charge in [-0.15, -0.1) is 5.73 Å². The Bertz CT molecular complexity index is 756. The third kappa shape index (κ3) is 3.28. The minimum atomic E-state index is -0.163. The Labute approximate surface area is 123 Å². The van der Waals surface area contributed by atoms with Crippen LogP contribution in [0.25, 0.3) is 0 Å². The van der Waals surface area contributed by atoms with Crippen molar-refractivity contribution in [1.82, 2.24) is 0 Å². The van der Waals surface area contributed by atoms with E-state index in [1.54, 1.807) is 24.3 Å². The average Bonchev–Trinajstić information content (AvgIpc) is 2.47. The number of carbonyl (C=O) groups is 1. The highest BCUT2D eigenvalue weighted by Crippen LogP contribution is 2.14. The van der Waals surface area contributed by atoms with Crippen molar-refractivity contribution in [3.8, 4) is 11.8 Å². The van der Waals surface area contributed by atoms with Crippen molar-refractivity contribution in [3.63, 3.8) is 0 Å². The zero-order valence-electron chi connectivity index (χ0n) is 10.7. The summed E-state index contributed by atoms with van der Waals surface area (Å²) in [5.74, 6) is 5.81. The van der Waals surface area contributed by atoms with E-state index in [2.05, 4.69) is 24.2 Å². The van der Waals surface area contributed by atoms with Crippen molar-refractivity contribution in [1.29, 1.82) is 0 Å². The van der Waals surface area contributed by atoms with Gasteiger partial charge in [0.2, 0.25) is 0 Å². The highest BCUT2D eigenvalue weighted by molar-refractivity contribution is 6.31. The van der Waals surface area contributed by atoms with E-state index in [1.807, 2.05) is 24.3 Å². The van der Waals surface area contributed by atoms with E-state index in [1.165, 1.54) is 6.08 Å². The molecule has 0 unspecified atom stereocenters. The van der Waals surface area contributed by atoms with Gasteiger partial charge >= 0.3 is 0 Å². The van der Waals surface area contributed by atoms with Gasteiger partial charge in [0.05, 0.1) is 5.02 Å². The van der Waals surface area contributed by atoms with E-state index in [-0.39, 0.29) is 5.78 Å². The third-order valence-corrected chi connectivity index (χ3v) is 2.96. The van der Waals surface area contributed by atoms with Gasteiger partial charge in [-0.1, -0.05) is 54.3 Å². The van der Waals surface area contributed by atoms with Gasteiger partial charge in [-0.25, -0.2) is 0 Å². The molecule has 0 aromatic heterocycles. The van der Waals surface area contributed by atoms with Crippen LogP contribution in [0.15, 0.2) is 66.9 Å². The van der Waals surface area contributed by atoms with Crippen LogP contribution in [0.1, 0.15) is 21.5 Å². The monoisotopic (exact) mass is 278 g/mol. The maximum Gasteiger partial charge on any atom is 0.194 e. The molecule has 0 bridgehead atoms. The molecular formula is C18H11ClO. The SMILES string of the molecule is C=C=CC(=O)c1ccccc1C#Cc1ccccc1Cl. The fraction of sp³-hybridized carbons (Fsp3) is 0. The van der Waals surface area contributed by atoms with Crippen LogP contribution in [0, 0.1) is 11.8 Å². The second-order valence-electron chi connectivity index (χ2n) is 3.99. The highest BCUT2D eigenvalue weighted by atomic mass is 35.5. The van der Waals surface area contributed by atoms with Gasteiger partial charge in [-0.05, 0) is 24.3 Å². The van der Waals surface area contributed by atoms with Crippen LogP contribution in [0.2, 0.25) is 5.02 Å². The van der Waals surface area contributed by atoms with Crippen molar-refractivity contribution in [2.75, 3.05) is 0 Å². The summed E-state index contributed by atoms with van der Waals surface area (Å²) in [5, 5.41) is 0.592.